The van der Waals surface area contributed by atoms with Gasteiger partial charge in [-0.3, -0.25) is 9.59 Å². The third-order valence-corrected chi connectivity index (χ3v) is 6.35. The molecule has 0 fully saturated rings. The number of carbonyl (C=O) groups excluding carboxylic acids is 2. The Morgan fingerprint density at radius 3 is 1.39 bits per heavy atom. The molecule has 0 spiro atoms. The molecule has 4 heteroatoms. The van der Waals surface area contributed by atoms with Crippen LogP contribution in [-0.4, -0.2) is 24.6 Å². The Balaban J connectivity index is 3.41. The predicted octanol–water partition coefficient (Wildman–Crippen LogP) is 8.80. The van der Waals surface area contributed by atoms with E-state index in [-0.39, 0.29) is 18.0 Å². The quantitative estimate of drug-likeness (QED) is 0.111. The summed E-state index contributed by atoms with van der Waals surface area (Å²) in [5, 5.41) is 0. The highest BCUT2D eigenvalue weighted by molar-refractivity contribution is 5.69. The van der Waals surface area contributed by atoms with E-state index in [1.807, 2.05) is 0 Å². The molecule has 0 atom stereocenters. The molecule has 0 aliphatic heterocycles. The minimum absolute atomic E-state index is 0.0161. The van der Waals surface area contributed by atoms with Crippen LogP contribution in [0.15, 0.2) is 0 Å². The summed E-state index contributed by atoms with van der Waals surface area (Å²) in [5.74, 6) is 0.608. The van der Waals surface area contributed by atoms with E-state index in [1.54, 1.807) is 0 Å². The average molecular weight is 469 g/mol. The van der Waals surface area contributed by atoms with Crippen LogP contribution in [0.5, 0.6) is 0 Å². The van der Waals surface area contributed by atoms with Gasteiger partial charge >= 0.3 is 11.9 Å². The SMILES string of the molecule is CCCCCCCCCCCCOC(=O)CCCCCCCCC(=O)OC(C(C)C)C(C)C. The molecule has 0 aromatic heterocycles. The molecule has 0 radical (unpaired) electrons. The fraction of sp³-hybridized carbons (Fsp3) is 0.931. The van der Waals surface area contributed by atoms with Crippen molar-refractivity contribution in [2.24, 2.45) is 11.8 Å². The van der Waals surface area contributed by atoms with E-state index >= 15 is 0 Å². The Labute approximate surface area is 206 Å². The van der Waals surface area contributed by atoms with E-state index in [2.05, 4.69) is 34.6 Å². The summed E-state index contributed by atoms with van der Waals surface area (Å²) < 4.78 is 11.0. The van der Waals surface area contributed by atoms with Crippen LogP contribution in [0.1, 0.15) is 150 Å². The fourth-order valence-corrected chi connectivity index (χ4v) is 4.35. The fourth-order valence-electron chi connectivity index (χ4n) is 4.35. The summed E-state index contributed by atoms with van der Waals surface area (Å²) in [6.07, 6.45) is 20.1. The first-order valence-electron chi connectivity index (χ1n) is 14.2. The van der Waals surface area contributed by atoms with Crippen molar-refractivity contribution in [2.75, 3.05) is 6.61 Å². The number of carbonyl (C=O) groups is 2. The molecule has 0 heterocycles. The number of unbranched alkanes of at least 4 members (excludes halogenated alkanes) is 14. The molecule has 0 saturated carbocycles. The Hall–Kier alpha value is -1.06. The second kappa shape index (κ2) is 22.7. The highest BCUT2D eigenvalue weighted by Crippen LogP contribution is 2.18. The van der Waals surface area contributed by atoms with Crippen molar-refractivity contribution in [3.63, 3.8) is 0 Å². The number of hydrogen-bond donors (Lipinski definition) is 0. The lowest BCUT2D eigenvalue weighted by Crippen LogP contribution is -2.28. The van der Waals surface area contributed by atoms with Crippen LogP contribution in [0.3, 0.4) is 0 Å². The minimum atomic E-state index is -0.0624. The normalized spacial score (nSPS) is 11.5. The van der Waals surface area contributed by atoms with E-state index < -0.39 is 0 Å². The van der Waals surface area contributed by atoms with Gasteiger partial charge in [0.25, 0.3) is 0 Å². The molecular formula is C29H56O4. The first-order chi connectivity index (χ1) is 15.9. The number of ether oxygens (including phenoxy) is 2. The molecule has 0 aliphatic rings. The van der Waals surface area contributed by atoms with E-state index in [4.69, 9.17) is 9.47 Å². The maximum Gasteiger partial charge on any atom is 0.306 e. The first kappa shape index (κ1) is 31.9. The molecular weight excluding hydrogens is 412 g/mol. The van der Waals surface area contributed by atoms with Crippen LogP contribution in [0.4, 0.5) is 0 Å². The standard InChI is InChI=1S/C29H56O4/c1-6-7-8-9-10-11-12-15-18-21-24-32-27(30)22-19-16-13-14-17-20-23-28(31)33-29(25(2)3)26(4)5/h25-26,29H,6-24H2,1-5H3. The van der Waals surface area contributed by atoms with Gasteiger partial charge in [-0.25, -0.2) is 0 Å². The molecule has 0 N–H and O–H groups in total. The van der Waals surface area contributed by atoms with E-state index in [1.165, 1.54) is 57.8 Å². The van der Waals surface area contributed by atoms with Crippen molar-refractivity contribution in [2.45, 2.75) is 156 Å². The summed E-state index contributed by atoms with van der Waals surface area (Å²) in [6, 6.07) is 0. The number of rotatable bonds is 23. The van der Waals surface area contributed by atoms with Gasteiger partial charge in [0, 0.05) is 12.8 Å². The smallest absolute Gasteiger partial charge is 0.306 e. The molecule has 196 valence electrons. The minimum Gasteiger partial charge on any atom is -0.466 e. The van der Waals surface area contributed by atoms with Crippen LogP contribution in [0, 0.1) is 11.8 Å². The van der Waals surface area contributed by atoms with E-state index in [0.29, 0.717) is 31.3 Å². The van der Waals surface area contributed by atoms with Crippen molar-refractivity contribution >= 4 is 11.9 Å². The molecule has 33 heavy (non-hydrogen) atoms. The Morgan fingerprint density at radius 1 is 0.545 bits per heavy atom. The molecule has 0 rings (SSSR count). The van der Waals surface area contributed by atoms with Gasteiger partial charge < -0.3 is 9.47 Å². The molecule has 0 aromatic rings. The second-order valence-corrected chi connectivity index (χ2v) is 10.5. The predicted molar refractivity (Wildman–Crippen MR) is 139 cm³/mol. The highest BCUT2D eigenvalue weighted by atomic mass is 16.5. The number of hydrogen-bond acceptors (Lipinski definition) is 4. The topological polar surface area (TPSA) is 52.6 Å². The zero-order valence-corrected chi connectivity index (χ0v) is 22.8. The lowest BCUT2D eigenvalue weighted by atomic mass is 9.96. The van der Waals surface area contributed by atoms with Crippen molar-refractivity contribution in [1.29, 1.82) is 0 Å². The zero-order chi connectivity index (χ0) is 24.7. The summed E-state index contributed by atoms with van der Waals surface area (Å²) in [6.45, 7) is 11.3. The van der Waals surface area contributed by atoms with Crippen molar-refractivity contribution < 1.29 is 19.1 Å². The van der Waals surface area contributed by atoms with Crippen LogP contribution < -0.4 is 0 Å². The van der Waals surface area contributed by atoms with Gasteiger partial charge in [0.1, 0.15) is 6.10 Å². The Morgan fingerprint density at radius 2 is 0.939 bits per heavy atom. The third kappa shape index (κ3) is 21.2. The molecule has 0 bridgehead atoms. The van der Waals surface area contributed by atoms with E-state index in [0.717, 1.165) is 44.9 Å². The van der Waals surface area contributed by atoms with Gasteiger partial charge in [-0.1, -0.05) is 118 Å². The Bertz CT molecular complexity index is 451. The lowest BCUT2D eigenvalue weighted by Gasteiger charge is -2.24. The van der Waals surface area contributed by atoms with Crippen LogP contribution >= 0.6 is 0 Å². The molecule has 0 aromatic carbocycles. The van der Waals surface area contributed by atoms with Crippen LogP contribution in [0.2, 0.25) is 0 Å². The van der Waals surface area contributed by atoms with Gasteiger partial charge in [-0.05, 0) is 31.1 Å². The Kier molecular flexibility index (Phi) is 22.0. The van der Waals surface area contributed by atoms with Gasteiger partial charge in [-0.2, -0.15) is 0 Å². The number of esters is 2. The summed E-state index contributed by atoms with van der Waals surface area (Å²) in [4.78, 5) is 23.8. The third-order valence-electron chi connectivity index (χ3n) is 6.35. The molecule has 0 amide bonds. The highest BCUT2D eigenvalue weighted by Gasteiger charge is 2.21. The monoisotopic (exact) mass is 468 g/mol. The average Bonchev–Trinajstić information content (AvgIpc) is 2.77. The van der Waals surface area contributed by atoms with Crippen molar-refractivity contribution in [3.8, 4) is 0 Å². The van der Waals surface area contributed by atoms with Crippen molar-refractivity contribution in [3.05, 3.63) is 0 Å². The summed E-state index contributed by atoms with van der Waals surface area (Å²) >= 11 is 0. The molecule has 4 nitrogen and oxygen atoms in total. The maximum atomic E-state index is 12.0. The lowest BCUT2D eigenvalue weighted by molar-refractivity contribution is -0.154. The maximum absolute atomic E-state index is 12.0. The molecule has 0 saturated heterocycles. The van der Waals surface area contributed by atoms with Gasteiger partial charge in [0.15, 0.2) is 0 Å². The van der Waals surface area contributed by atoms with Gasteiger partial charge in [0.2, 0.25) is 0 Å². The summed E-state index contributed by atoms with van der Waals surface area (Å²) in [5.41, 5.74) is 0. The van der Waals surface area contributed by atoms with Gasteiger partial charge in [0.05, 0.1) is 6.61 Å². The second-order valence-electron chi connectivity index (χ2n) is 10.5. The first-order valence-corrected chi connectivity index (χ1v) is 14.2. The zero-order valence-electron chi connectivity index (χ0n) is 22.8. The summed E-state index contributed by atoms with van der Waals surface area (Å²) in [7, 11) is 0. The largest absolute Gasteiger partial charge is 0.466 e. The molecule has 0 aliphatic carbocycles. The van der Waals surface area contributed by atoms with Crippen LogP contribution in [0.25, 0.3) is 0 Å². The molecule has 0 unspecified atom stereocenters. The van der Waals surface area contributed by atoms with Crippen LogP contribution in [-0.2, 0) is 19.1 Å². The van der Waals surface area contributed by atoms with Gasteiger partial charge in [-0.15, -0.1) is 0 Å². The van der Waals surface area contributed by atoms with Crippen molar-refractivity contribution in [1.82, 2.24) is 0 Å². The van der Waals surface area contributed by atoms with E-state index in [9.17, 15) is 9.59 Å².